The van der Waals surface area contributed by atoms with E-state index < -0.39 is 0 Å². The highest BCUT2D eigenvalue weighted by Gasteiger charge is 2.28. The molecule has 0 aliphatic heterocycles. The lowest BCUT2D eigenvalue weighted by Gasteiger charge is -2.12. The van der Waals surface area contributed by atoms with Gasteiger partial charge in [0, 0.05) is 21.6 Å². The summed E-state index contributed by atoms with van der Waals surface area (Å²) in [4.78, 5) is 17.5. The van der Waals surface area contributed by atoms with Crippen molar-refractivity contribution in [2.24, 2.45) is 0 Å². The Morgan fingerprint density at radius 3 is 2.21 bits per heavy atom. The molecule has 3 nitrogen and oxygen atoms in total. The smallest absolute Gasteiger partial charge is 0.230 e. The molecular weight excluding hydrogens is 322 g/mol. The van der Waals surface area contributed by atoms with Crippen LogP contribution < -0.4 is 0 Å². The van der Waals surface area contributed by atoms with Crippen molar-refractivity contribution in [3.63, 3.8) is 0 Å². The minimum absolute atomic E-state index is 0.177. The summed E-state index contributed by atoms with van der Waals surface area (Å²) >= 11 is 5.96. The Morgan fingerprint density at radius 2 is 1.62 bits per heavy atom. The number of nitrogens with zero attached hydrogens (tertiary/aromatic N) is 1. The summed E-state index contributed by atoms with van der Waals surface area (Å²) in [5.74, 6) is 0.615. The van der Waals surface area contributed by atoms with E-state index in [1.807, 2.05) is 51.1 Å². The minimum Gasteiger partial charge on any atom is -0.436 e. The molecule has 0 aliphatic rings. The van der Waals surface area contributed by atoms with Gasteiger partial charge in [-0.15, -0.1) is 0 Å². The molecule has 4 heteroatoms. The van der Waals surface area contributed by atoms with Crippen LogP contribution in [0.25, 0.3) is 11.3 Å². The summed E-state index contributed by atoms with van der Waals surface area (Å²) in [7, 11) is 0. The van der Waals surface area contributed by atoms with Gasteiger partial charge in [-0.2, -0.15) is 0 Å². The average molecular weight is 340 g/mol. The molecule has 122 valence electrons. The first-order valence-electron chi connectivity index (χ1n) is 7.73. The summed E-state index contributed by atoms with van der Waals surface area (Å²) in [5, 5.41) is 0.634. The van der Waals surface area contributed by atoms with Crippen molar-refractivity contribution < 1.29 is 9.21 Å². The van der Waals surface area contributed by atoms with Crippen molar-refractivity contribution in [3.8, 4) is 11.3 Å². The largest absolute Gasteiger partial charge is 0.436 e. The highest BCUT2D eigenvalue weighted by Crippen LogP contribution is 2.31. The van der Waals surface area contributed by atoms with Gasteiger partial charge < -0.3 is 4.42 Å². The molecule has 0 unspecified atom stereocenters. The van der Waals surface area contributed by atoms with Gasteiger partial charge >= 0.3 is 0 Å². The van der Waals surface area contributed by atoms with Crippen molar-refractivity contribution in [3.05, 3.63) is 76.8 Å². The van der Waals surface area contributed by atoms with Crippen molar-refractivity contribution in [1.29, 1.82) is 0 Å². The number of hydrogen-bond donors (Lipinski definition) is 0. The van der Waals surface area contributed by atoms with Gasteiger partial charge in [0.25, 0.3) is 0 Å². The van der Waals surface area contributed by atoms with Crippen molar-refractivity contribution in [1.82, 2.24) is 4.98 Å². The normalized spacial score (nSPS) is 11.5. The molecule has 0 saturated carbocycles. The fraction of sp³-hybridized carbons (Fsp3) is 0.200. The Kier molecular flexibility index (Phi) is 4.29. The highest BCUT2D eigenvalue weighted by atomic mass is 35.5. The zero-order valence-corrected chi connectivity index (χ0v) is 14.6. The lowest BCUT2D eigenvalue weighted by atomic mass is 9.97. The maximum Gasteiger partial charge on any atom is 0.230 e. The second-order valence-corrected chi connectivity index (χ2v) is 7.09. The monoisotopic (exact) mass is 339 g/mol. The molecule has 1 aromatic heterocycles. The summed E-state index contributed by atoms with van der Waals surface area (Å²) < 4.78 is 5.89. The number of oxazole rings is 1. The number of carbonyl (C=O) groups excluding carboxylic acids is 1. The van der Waals surface area contributed by atoms with Crippen LogP contribution in [0.2, 0.25) is 5.02 Å². The molecule has 0 N–H and O–H groups in total. The molecule has 0 radical (unpaired) electrons. The number of benzene rings is 2. The molecular formula is C20H18ClNO2. The van der Waals surface area contributed by atoms with E-state index in [2.05, 4.69) is 4.98 Å². The van der Waals surface area contributed by atoms with Gasteiger partial charge in [0.2, 0.25) is 17.4 Å². The topological polar surface area (TPSA) is 43.1 Å². The molecule has 0 amide bonds. The van der Waals surface area contributed by atoms with Gasteiger partial charge in [0.15, 0.2) is 0 Å². The Labute approximate surface area is 146 Å². The Bertz CT molecular complexity index is 859. The Hall–Kier alpha value is -2.39. The molecule has 0 aliphatic carbocycles. The molecule has 0 bridgehead atoms. The first-order chi connectivity index (χ1) is 11.4. The molecule has 24 heavy (non-hydrogen) atoms. The first kappa shape index (κ1) is 16.5. The van der Waals surface area contributed by atoms with Gasteiger partial charge in [0.05, 0.1) is 0 Å². The van der Waals surface area contributed by atoms with Crippen LogP contribution in [-0.2, 0) is 5.41 Å². The third-order valence-electron chi connectivity index (χ3n) is 3.63. The van der Waals surface area contributed by atoms with Crippen molar-refractivity contribution in [2.75, 3.05) is 0 Å². The number of aromatic nitrogens is 1. The minimum atomic E-state index is -0.295. The number of carbonyl (C=O) groups is 1. The molecule has 2 aromatic carbocycles. The van der Waals surface area contributed by atoms with Crippen LogP contribution in [0.1, 0.15) is 42.8 Å². The van der Waals surface area contributed by atoms with E-state index >= 15 is 0 Å². The molecule has 0 fully saturated rings. The van der Waals surface area contributed by atoms with E-state index in [1.165, 1.54) is 0 Å². The van der Waals surface area contributed by atoms with E-state index in [0.717, 1.165) is 5.56 Å². The molecule has 1 heterocycles. The van der Waals surface area contributed by atoms with Crippen LogP contribution in [-0.4, -0.2) is 10.8 Å². The van der Waals surface area contributed by atoms with Crippen LogP contribution >= 0.6 is 11.6 Å². The van der Waals surface area contributed by atoms with Crippen LogP contribution in [0, 0.1) is 0 Å². The zero-order chi connectivity index (χ0) is 17.3. The molecule has 0 spiro atoms. The predicted molar refractivity (Wildman–Crippen MR) is 95.5 cm³/mol. The summed E-state index contributed by atoms with van der Waals surface area (Å²) in [6.45, 7) is 6.00. The average Bonchev–Trinajstić information content (AvgIpc) is 3.01. The maximum atomic E-state index is 12.9. The van der Waals surface area contributed by atoms with Gasteiger partial charge in [-0.1, -0.05) is 74.8 Å². The van der Waals surface area contributed by atoms with E-state index in [1.54, 1.807) is 24.3 Å². The lowest BCUT2D eigenvalue weighted by molar-refractivity contribution is 0.101. The predicted octanol–water partition coefficient (Wildman–Crippen LogP) is 5.52. The van der Waals surface area contributed by atoms with Gasteiger partial charge in [-0.3, -0.25) is 4.79 Å². The second-order valence-electron chi connectivity index (χ2n) is 6.65. The van der Waals surface area contributed by atoms with Gasteiger partial charge in [-0.05, 0) is 12.1 Å². The standard InChI is InChI=1S/C20H18ClNO2/c1-20(2,3)19-22-16(13-9-11-15(21)12-10-13)18(24-19)17(23)14-7-5-4-6-8-14/h4-12H,1-3H3. The van der Waals surface area contributed by atoms with Crippen LogP contribution in [0.5, 0.6) is 0 Å². The molecule has 0 atom stereocenters. The maximum absolute atomic E-state index is 12.9. The van der Waals surface area contributed by atoms with Crippen LogP contribution in [0.3, 0.4) is 0 Å². The third-order valence-corrected chi connectivity index (χ3v) is 3.88. The van der Waals surface area contributed by atoms with E-state index in [9.17, 15) is 4.79 Å². The summed E-state index contributed by atoms with van der Waals surface area (Å²) in [5.41, 5.74) is 1.63. The highest BCUT2D eigenvalue weighted by molar-refractivity contribution is 6.30. The van der Waals surface area contributed by atoms with Crippen molar-refractivity contribution >= 4 is 17.4 Å². The summed E-state index contributed by atoms with van der Waals surface area (Å²) in [6.07, 6.45) is 0. The Balaban J connectivity index is 2.15. The van der Waals surface area contributed by atoms with Crippen LogP contribution in [0.4, 0.5) is 0 Å². The molecule has 3 aromatic rings. The quantitative estimate of drug-likeness (QED) is 0.590. The Morgan fingerprint density at radius 1 is 1.00 bits per heavy atom. The SMILES string of the molecule is CC(C)(C)c1nc(-c2ccc(Cl)cc2)c(C(=O)c2ccccc2)o1. The number of hydrogen-bond acceptors (Lipinski definition) is 3. The van der Waals surface area contributed by atoms with Crippen LogP contribution in [0.15, 0.2) is 59.0 Å². The number of rotatable bonds is 3. The first-order valence-corrected chi connectivity index (χ1v) is 8.11. The molecule has 3 rings (SSSR count). The summed E-state index contributed by atoms with van der Waals surface area (Å²) in [6, 6.07) is 16.3. The number of halogens is 1. The third kappa shape index (κ3) is 3.26. The molecule has 0 saturated heterocycles. The van der Waals surface area contributed by atoms with E-state index in [4.69, 9.17) is 16.0 Å². The zero-order valence-electron chi connectivity index (χ0n) is 13.8. The fourth-order valence-electron chi connectivity index (χ4n) is 2.32. The van der Waals surface area contributed by atoms with E-state index in [-0.39, 0.29) is 17.0 Å². The van der Waals surface area contributed by atoms with E-state index in [0.29, 0.717) is 22.2 Å². The van der Waals surface area contributed by atoms with Gasteiger partial charge in [-0.25, -0.2) is 4.98 Å². The fourth-order valence-corrected chi connectivity index (χ4v) is 2.44. The lowest BCUT2D eigenvalue weighted by Crippen LogP contribution is -2.11. The van der Waals surface area contributed by atoms with Gasteiger partial charge in [0.1, 0.15) is 5.69 Å². The van der Waals surface area contributed by atoms with Crippen molar-refractivity contribution in [2.45, 2.75) is 26.2 Å². The second kappa shape index (κ2) is 6.25. The number of ketones is 1.